The van der Waals surface area contributed by atoms with E-state index >= 15 is 0 Å². The lowest BCUT2D eigenvalue weighted by Gasteiger charge is -2.22. The van der Waals surface area contributed by atoms with Crippen LogP contribution in [0.15, 0.2) is 133 Å². The van der Waals surface area contributed by atoms with Crippen molar-refractivity contribution < 1.29 is 29.3 Å². The predicted molar refractivity (Wildman–Crippen MR) is 282 cm³/mol. The molecule has 6 aromatic carbocycles. The largest absolute Gasteiger partial charge is 0.508 e. The van der Waals surface area contributed by atoms with Crippen molar-refractivity contribution in [2.45, 2.75) is 105 Å². The summed E-state index contributed by atoms with van der Waals surface area (Å²) >= 11 is 4.43. The van der Waals surface area contributed by atoms with Crippen molar-refractivity contribution >= 4 is 56.7 Å². The van der Waals surface area contributed by atoms with E-state index in [1.807, 2.05) is 97.1 Å². The number of phenols is 2. The van der Waals surface area contributed by atoms with Crippen LogP contribution < -0.4 is 9.47 Å². The molecule has 0 saturated heterocycles. The number of methoxy groups -OCH3 is 2. The molecule has 0 fully saturated rings. The molecular weight excluding hydrogens is 1020 g/mol. The highest BCUT2D eigenvalue weighted by molar-refractivity contribution is 14.1. The molecule has 0 aliphatic carbocycles. The van der Waals surface area contributed by atoms with E-state index in [9.17, 15) is 19.8 Å². The maximum atomic E-state index is 12.6. The number of ketones is 2. The van der Waals surface area contributed by atoms with Gasteiger partial charge in [-0.3, -0.25) is 9.59 Å². The Morgan fingerprint density at radius 2 is 0.844 bits per heavy atom. The second-order valence-electron chi connectivity index (χ2n) is 19.5. The highest BCUT2D eigenvalue weighted by Crippen LogP contribution is 2.34. The molecule has 64 heavy (non-hydrogen) atoms. The van der Waals surface area contributed by atoms with E-state index in [2.05, 4.69) is 134 Å². The minimum atomic E-state index is -0.148. The van der Waals surface area contributed by atoms with Crippen molar-refractivity contribution in [2.75, 3.05) is 14.2 Å². The fourth-order valence-corrected chi connectivity index (χ4v) is 7.24. The minimum absolute atomic E-state index is 0.0292. The molecule has 0 aromatic heterocycles. The number of hydrogen-bond donors (Lipinski definition) is 2. The molecule has 6 nitrogen and oxygen atoms in total. The highest BCUT2D eigenvalue weighted by atomic mass is 127. The van der Waals surface area contributed by atoms with Crippen LogP contribution in [0.4, 0.5) is 0 Å². The molecule has 0 spiro atoms. The number of ether oxygens (including phenoxy) is 2. The Morgan fingerprint density at radius 1 is 0.422 bits per heavy atom. The van der Waals surface area contributed by atoms with Gasteiger partial charge in [-0.1, -0.05) is 126 Å². The molecule has 0 aliphatic heterocycles. The zero-order valence-electron chi connectivity index (χ0n) is 40.0. The molecule has 0 unspecified atom stereocenters. The molecule has 0 atom stereocenters. The van der Waals surface area contributed by atoms with Crippen molar-refractivity contribution in [2.24, 2.45) is 0 Å². The Bertz CT molecular complexity index is 2460. The van der Waals surface area contributed by atoms with Crippen LogP contribution in [-0.4, -0.2) is 36.0 Å². The Labute approximate surface area is 410 Å². The first-order valence-electron chi connectivity index (χ1n) is 21.2. The number of halogens is 2. The van der Waals surface area contributed by atoms with Crippen molar-refractivity contribution in [3.8, 4) is 23.0 Å². The summed E-state index contributed by atoms with van der Waals surface area (Å²) in [4.78, 5) is 25.1. The van der Waals surface area contributed by atoms with E-state index < -0.39 is 0 Å². The summed E-state index contributed by atoms with van der Waals surface area (Å²) in [6.07, 6.45) is 0. The number of phenolic OH excluding ortho intramolecular Hbond substituents is 2. The highest BCUT2D eigenvalue weighted by Gasteiger charge is 2.23. The molecule has 0 heterocycles. The standard InChI is InChI=1S/C18H19IO2.C17H17IO2.C11H16O.C10H14O/c1-18(2,3)15-11-13(7-10-16(15)21-4)17(20)12-5-8-14(19)9-6-12;1-17(2,3)12-6-9-15(19)14(10-12)16(20)11-4-7-13(18)8-5-11;1-11(2,3)9-7-5-6-8-10(9)12-4;1-10(2,3)8-6-4-5-7-9(8)11/h5-11H,1-4H3;4-10,19H,1-3H3;5-8H,1-4H3;4-7,11H,1-3H3. The molecule has 6 rings (SSSR count). The monoisotopic (exact) mass is 1090 g/mol. The van der Waals surface area contributed by atoms with E-state index in [0.717, 1.165) is 35.3 Å². The fourth-order valence-electron chi connectivity index (χ4n) is 6.52. The van der Waals surface area contributed by atoms with Gasteiger partial charge in [0.2, 0.25) is 0 Å². The summed E-state index contributed by atoms with van der Waals surface area (Å²) in [5.41, 5.74) is 6.74. The molecule has 0 radical (unpaired) electrons. The number of para-hydroxylation sites is 2. The Hall–Kier alpha value is -4.68. The van der Waals surface area contributed by atoms with E-state index in [0.29, 0.717) is 28.0 Å². The molecule has 0 amide bonds. The SMILES string of the molecule is CC(C)(C)c1ccc(O)c(C(=O)c2ccc(I)cc2)c1.CC(C)(C)c1ccccc1O.COc1ccc(C(=O)c2ccc(I)cc2)cc1C(C)(C)C.COc1ccccc1C(C)(C)C. The molecule has 8 heteroatoms. The molecule has 0 saturated carbocycles. The second-order valence-corrected chi connectivity index (χ2v) is 22.0. The lowest BCUT2D eigenvalue weighted by molar-refractivity contribution is 0.102. The van der Waals surface area contributed by atoms with Crippen LogP contribution in [0.5, 0.6) is 23.0 Å². The van der Waals surface area contributed by atoms with E-state index in [4.69, 9.17) is 9.47 Å². The quantitative estimate of drug-likeness (QED) is 0.128. The van der Waals surface area contributed by atoms with Crippen molar-refractivity contribution in [1.29, 1.82) is 0 Å². The summed E-state index contributed by atoms with van der Waals surface area (Å²) in [6, 6.07) is 41.5. The Balaban J connectivity index is 0.000000235. The first-order valence-corrected chi connectivity index (χ1v) is 23.4. The summed E-state index contributed by atoms with van der Waals surface area (Å²) in [5, 5.41) is 19.4. The average molecular weight is 1090 g/mol. The van der Waals surface area contributed by atoms with Gasteiger partial charge in [-0.2, -0.15) is 0 Å². The Kier molecular flexibility index (Phi) is 19.3. The van der Waals surface area contributed by atoms with Gasteiger partial charge >= 0.3 is 0 Å². The normalized spacial score (nSPS) is 11.4. The van der Waals surface area contributed by atoms with Crippen LogP contribution in [0.3, 0.4) is 0 Å². The molecule has 2 N–H and O–H groups in total. The van der Waals surface area contributed by atoms with E-state index in [-0.39, 0.29) is 39.0 Å². The summed E-state index contributed by atoms with van der Waals surface area (Å²) < 4.78 is 12.9. The van der Waals surface area contributed by atoms with Crippen molar-refractivity contribution in [1.82, 2.24) is 0 Å². The number of carbonyl (C=O) groups excluding carboxylic acids is 2. The predicted octanol–water partition coefficient (Wildman–Crippen LogP) is 15.0. The third-order valence-electron chi connectivity index (χ3n) is 10.2. The van der Waals surface area contributed by atoms with Crippen molar-refractivity contribution in [3.63, 3.8) is 0 Å². The van der Waals surface area contributed by atoms with E-state index in [1.165, 1.54) is 5.56 Å². The van der Waals surface area contributed by atoms with Gasteiger partial charge in [0.1, 0.15) is 23.0 Å². The lowest BCUT2D eigenvalue weighted by Crippen LogP contribution is -2.14. The zero-order chi connectivity index (χ0) is 48.2. The van der Waals surface area contributed by atoms with Gasteiger partial charge in [0.15, 0.2) is 11.6 Å². The molecule has 0 bridgehead atoms. The number of aromatic hydroxyl groups is 2. The smallest absolute Gasteiger partial charge is 0.196 e. The number of carbonyl (C=O) groups is 2. The first kappa shape index (κ1) is 53.7. The third kappa shape index (κ3) is 15.8. The second kappa shape index (κ2) is 23.0. The maximum Gasteiger partial charge on any atom is 0.196 e. The van der Waals surface area contributed by atoms with Gasteiger partial charge in [0, 0.05) is 29.4 Å². The minimum Gasteiger partial charge on any atom is -0.508 e. The summed E-state index contributed by atoms with van der Waals surface area (Å²) in [5.74, 6) is 2.11. The van der Waals surface area contributed by atoms with Crippen LogP contribution in [0.25, 0.3) is 0 Å². The number of hydrogen-bond acceptors (Lipinski definition) is 6. The lowest BCUT2D eigenvalue weighted by atomic mass is 9.84. The van der Waals surface area contributed by atoms with Crippen molar-refractivity contribution in [3.05, 3.63) is 185 Å². The van der Waals surface area contributed by atoms with Gasteiger partial charge in [-0.25, -0.2) is 0 Å². The van der Waals surface area contributed by atoms with Gasteiger partial charge in [-0.15, -0.1) is 0 Å². The van der Waals surface area contributed by atoms with Crippen LogP contribution in [0.2, 0.25) is 0 Å². The topological polar surface area (TPSA) is 93.1 Å². The van der Waals surface area contributed by atoms with Crippen LogP contribution in [0, 0.1) is 7.14 Å². The van der Waals surface area contributed by atoms with Gasteiger partial charge in [0.25, 0.3) is 0 Å². The zero-order valence-corrected chi connectivity index (χ0v) is 44.3. The molecule has 0 aliphatic rings. The first-order chi connectivity index (χ1) is 29.7. The average Bonchev–Trinajstić information content (AvgIpc) is 3.23. The molecule has 340 valence electrons. The van der Waals surface area contributed by atoms with Gasteiger partial charge in [-0.05, 0) is 175 Å². The van der Waals surface area contributed by atoms with E-state index in [1.54, 1.807) is 44.6 Å². The van der Waals surface area contributed by atoms with Gasteiger partial charge < -0.3 is 19.7 Å². The van der Waals surface area contributed by atoms with Crippen LogP contribution >= 0.6 is 45.2 Å². The molecular formula is C56H66I2O6. The molecule has 6 aromatic rings. The summed E-state index contributed by atoms with van der Waals surface area (Å²) in [7, 11) is 3.37. The van der Waals surface area contributed by atoms with Crippen LogP contribution in [0.1, 0.15) is 137 Å². The maximum absolute atomic E-state index is 12.6. The Morgan fingerprint density at radius 3 is 1.27 bits per heavy atom. The van der Waals surface area contributed by atoms with Crippen LogP contribution in [-0.2, 0) is 21.7 Å². The fraction of sp³-hybridized carbons (Fsp3) is 0.321. The number of rotatable bonds is 6. The summed E-state index contributed by atoms with van der Waals surface area (Å²) in [6.45, 7) is 25.4. The van der Waals surface area contributed by atoms with Gasteiger partial charge in [0.05, 0.1) is 19.8 Å². The third-order valence-corrected chi connectivity index (χ3v) is 11.7. The number of benzene rings is 6.